The molecule has 0 atom stereocenters. The minimum atomic E-state index is -3.74. The van der Waals surface area contributed by atoms with Crippen molar-refractivity contribution >= 4 is 53.2 Å². The maximum Gasteiger partial charge on any atom is 0.208 e. The molecule has 254 valence electrons. The van der Waals surface area contributed by atoms with E-state index in [1.807, 2.05) is 30.3 Å². The first-order valence-electron chi connectivity index (χ1n) is 18.0. The summed E-state index contributed by atoms with van der Waals surface area (Å²) in [6.07, 6.45) is 0. The highest BCUT2D eigenvalue weighted by atomic mass is 32.2. The Hall–Kier alpha value is -5.45. The minimum Gasteiger partial charge on any atom is -0.455 e. The molecular formula is C48H38O3S. The van der Waals surface area contributed by atoms with Gasteiger partial charge >= 0.3 is 0 Å². The molecule has 6 aromatic carbocycles. The van der Waals surface area contributed by atoms with E-state index in [0.29, 0.717) is 9.80 Å². The number of rotatable bonds is 2. The number of furan rings is 1. The fourth-order valence-corrected chi connectivity index (χ4v) is 10.4. The smallest absolute Gasteiger partial charge is 0.208 e. The largest absolute Gasteiger partial charge is 0.455 e. The van der Waals surface area contributed by atoms with E-state index in [0.717, 1.165) is 88.0 Å². The molecule has 52 heavy (non-hydrogen) atoms. The molecule has 0 radical (unpaired) electrons. The molecule has 10 rings (SSSR count). The van der Waals surface area contributed by atoms with Crippen LogP contribution in [-0.2, 0) is 20.7 Å². The summed E-state index contributed by atoms with van der Waals surface area (Å²) in [6.45, 7) is 13.3. The molecular weight excluding hydrogens is 657 g/mol. The van der Waals surface area contributed by atoms with Gasteiger partial charge in [-0.05, 0) is 96.3 Å². The van der Waals surface area contributed by atoms with Crippen molar-refractivity contribution in [3.63, 3.8) is 0 Å². The molecule has 0 saturated carbocycles. The summed E-state index contributed by atoms with van der Waals surface area (Å²) in [5, 5.41) is 5.18. The Bertz CT molecular complexity index is 2990. The molecule has 0 bridgehead atoms. The number of sulfone groups is 1. The number of allylic oxidation sites excluding steroid dienone is 1. The Morgan fingerprint density at radius 3 is 1.69 bits per heavy atom. The van der Waals surface area contributed by atoms with Crippen LogP contribution in [0.5, 0.6) is 0 Å². The Morgan fingerprint density at radius 1 is 0.519 bits per heavy atom. The Morgan fingerprint density at radius 2 is 1.06 bits per heavy atom. The monoisotopic (exact) mass is 694 g/mol. The van der Waals surface area contributed by atoms with Crippen molar-refractivity contribution in [2.75, 3.05) is 0 Å². The third kappa shape index (κ3) is 4.28. The van der Waals surface area contributed by atoms with Gasteiger partial charge in [0.1, 0.15) is 11.3 Å². The molecule has 0 spiro atoms. The van der Waals surface area contributed by atoms with Gasteiger partial charge in [0.25, 0.3) is 0 Å². The molecule has 0 unspecified atom stereocenters. The van der Waals surface area contributed by atoms with E-state index < -0.39 is 9.84 Å². The quantitative estimate of drug-likeness (QED) is 0.181. The van der Waals surface area contributed by atoms with Gasteiger partial charge in [-0.3, -0.25) is 0 Å². The molecule has 4 heteroatoms. The van der Waals surface area contributed by atoms with Crippen LogP contribution >= 0.6 is 0 Å². The van der Waals surface area contributed by atoms with Crippen LogP contribution in [0.1, 0.15) is 80.5 Å². The maximum atomic E-state index is 14.4. The van der Waals surface area contributed by atoms with E-state index >= 15 is 0 Å². The predicted octanol–water partition coefficient (Wildman–Crippen LogP) is 10.3. The lowest BCUT2D eigenvalue weighted by molar-refractivity contribution is 0.590. The van der Waals surface area contributed by atoms with Crippen LogP contribution in [-0.4, -0.2) is 8.42 Å². The summed E-state index contributed by atoms with van der Waals surface area (Å²) in [5.74, 6) is 0.882. The number of fused-ring (bicyclic) bond motifs is 10. The Labute approximate surface area is 304 Å². The summed E-state index contributed by atoms with van der Waals surface area (Å²) in [7, 11) is -3.74. The summed E-state index contributed by atoms with van der Waals surface area (Å²) >= 11 is 0. The van der Waals surface area contributed by atoms with E-state index in [1.54, 1.807) is 6.07 Å². The highest BCUT2D eigenvalue weighted by molar-refractivity contribution is 8.01. The van der Waals surface area contributed by atoms with Gasteiger partial charge in [-0.25, -0.2) is 8.42 Å². The van der Waals surface area contributed by atoms with Gasteiger partial charge in [0.15, 0.2) is 0 Å². The normalized spacial score (nSPS) is 15.7. The van der Waals surface area contributed by atoms with Crippen LogP contribution in [0.15, 0.2) is 131 Å². The van der Waals surface area contributed by atoms with Crippen LogP contribution in [0, 0.1) is 0 Å². The van der Waals surface area contributed by atoms with Gasteiger partial charge in [-0.1, -0.05) is 126 Å². The molecule has 3 nitrogen and oxygen atoms in total. The molecule has 0 fully saturated rings. The molecule has 7 aromatic rings. The van der Waals surface area contributed by atoms with Gasteiger partial charge in [-0.2, -0.15) is 0 Å². The van der Waals surface area contributed by atoms with Crippen molar-refractivity contribution < 1.29 is 12.8 Å². The topological polar surface area (TPSA) is 47.3 Å². The molecule has 1 aliphatic heterocycles. The first kappa shape index (κ1) is 31.3. The number of para-hydroxylation sites is 1. The van der Waals surface area contributed by atoms with E-state index in [2.05, 4.69) is 126 Å². The Balaban J connectivity index is 1.28. The first-order valence-corrected chi connectivity index (χ1v) is 19.5. The van der Waals surface area contributed by atoms with Crippen molar-refractivity contribution in [1.29, 1.82) is 0 Å². The molecule has 2 heterocycles. The van der Waals surface area contributed by atoms with Crippen molar-refractivity contribution in [1.82, 2.24) is 0 Å². The summed E-state index contributed by atoms with van der Waals surface area (Å²) < 4.78 is 35.5. The zero-order valence-electron chi connectivity index (χ0n) is 30.2. The number of hydrogen-bond acceptors (Lipinski definition) is 3. The minimum absolute atomic E-state index is 0.00109. The number of hydrogen-bond donors (Lipinski definition) is 0. The van der Waals surface area contributed by atoms with Crippen molar-refractivity contribution in [3.8, 4) is 11.3 Å². The fraction of sp³-hybridized carbons (Fsp3) is 0.167. The van der Waals surface area contributed by atoms with Crippen LogP contribution in [0.4, 0.5) is 0 Å². The first-order chi connectivity index (χ1) is 24.8. The SMILES string of the molecule is CC(C)(C)c1ccc(C2=c3cc4cc5c(cc4cc3C3=C2c2ccccc2S3(=O)=O)=C(c2ccc(C(C)(C)C)cc2)c2c-5oc3ccccc23)cc1. The molecule has 3 aliphatic rings. The van der Waals surface area contributed by atoms with Crippen LogP contribution in [0.3, 0.4) is 0 Å². The third-order valence-electron chi connectivity index (χ3n) is 11.3. The molecule has 0 saturated heterocycles. The maximum absolute atomic E-state index is 14.4. The highest BCUT2D eigenvalue weighted by Crippen LogP contribution is 2.52. The average Bonchev–Trinajstić information content (AvgIpc) is 3.81. The van der Waals surface area contributed by atoms with Crippen LogP contribution in [0.2, 0.25) is 0 Å². The van der Waals surface area contributed by atoms with E-state index in [9.17, 15) is 8.42 Å². The lowest BCUT2D eigenvalue weighted by Crippen LogP contribution is -2.14. The van der Waals surface area contributed by atoms with Gasteiger partial charge in [0.05, 0.1) is 9.80 Å². The van der Waals surface area contributed by atoms with Crippen molar-refractivity contribution in [2.45, 2.75) is 57.3 Å². The Kier molecular flexibility index (Phi) is 6.22. The summed E-state index contributed by atoms with van der Waals surface area (Å²) in [5.41, 5.74) is 12.2. The fourth-order valence-electron chi connectivity index (χ4n) is 8.57. The number of benzene rings is 6. The van der Waals surface area contributed by atoms with E-state index in [-0.39, 0.29) is 10.8 Å². The van der Waals surface area contributed by atoms with E-state index in [1.165, 1.54) is 11.1 Å². The second kappa shape index (κ2) is 10.3. The van der Waals surface area contributed by atoms with Gasteiger partial charge in [-0.15, -0.1) is 0 Å². The van der Waals surface area contributed by atoms with Gasteiger partial charge in [0.2, 0.25) is 9.84 Å². The second-order valence-corrected chi connectivity index (χ2v) is 18.4. The molecule has 0 N–H and O–H groups in total. The zero-order valence-corrected chi connectivity index (χ0v) is 31.0. The van der Waals surface area contributed by atoms with Gasteiger partial charge < -0.3 is 4.42 Å². The van der Waals surface area contributed by atoms with Crippen LogP contribution < -0.4 is 10.4 Å². The lowest BCUT2D eigenvalue weighted by Gasteiger charge is -2.19. The molecule has 2 aliphatic carbocycles. The van der Waals surface area contributed by atoms with Crippen LogP contribution in [0.25, 0.3) is 54.7 Å². The predicted molar refractivity (Wildman–Crippen MR) is 213 cm³/mol. The van der Waals surface area contributed by atoms with E-state index in [4.69, 9.17) is 4.42 Å². The summed E-state index contributed by atoms with van der Waals surface area (Å²) in [4.78, 5) is 0.801. The zero-order chi connectivity index (χ0) is 35.9. The second-order valence-electron chi connectivity index (χ2n) is 16.6. The van der Waals surface area contributed by atoms with Crippen molar-refractivity contribution in [3.05, 3.63) is 171 Å². The summed E-state index contributed by atoms with van der Waals surface area (Å²) in [6, 6.07) is 42.1. The van der Waals surface area contributed by atoms with Crippen molar-refractivity contribution in [2.24, 2.45) is 0 Å². The van der Waals surface area contributed by atoms with Gasteiger partial charge in [0, 0.05) is 38.8 Å². The molecule has 1 aromatic heterocycles. The standard InChI is InChI=1S/C48H38O3S/c1-47(2,3)31-19-15-27(16-20-31)41-35-23-30-26-38-36(24-29(30)25-37(35)45-43(41)33-11-7-9-13-39(33)51-45)42(28-17-21-32(22-18-28)48(4,5)6)44-34-12-8-10-14-40(34)52(49,50)46(38)44/h7-26H,1-6H3. The average molecular weight is 695 g/mol. The third-order valence-corrected chi connectivity index (χ3v) is 13.2. The molecule has 0 amide bonds. The lowest BCUT2D eigenvalue weighted by atomic mass is 9.85. The highest BCUT2D eigenvalue weighted by Gasteiger charge is 2.42.